The van der Waals surface area contributed by atoms with Gasteiger partial charge in [-0.05, 0) is 39.8 Å². The summed E-state index contributed by atoms with van der Waals surface area (Å²) in [6.45, 7) is 6.42. The minimum atomic E-state index is -1.13. The second-order valence-corrected chi connectivity index (χ2v) is 9.00. The van der Waals surface area contributed by atoms with E-state index < -0.39 is 65.6 Å². The average Bonchev–Trinajstić information content (AvgIpc) is 3.25. The second-order valence-electron chi connectivity index (χ2n) is 9.00. The van der Waals surface area contributed by atoms with Crippen molar-refractivity contribution < 1.29 is 42.9 Å². The van der Waals surface area contributed by atoms with Crippen LogP contribution in [-0.4, -0.2) is 72.7 Å². The lowest BCUT2D eigenvalue weighted by Crippen LogP contribution is -2.59. The quantitative estimate of drug-likeness (QED) is 0.445. The fourth-order valence-corrected chi connectivity index (χ4v) is 4.18. The number of carbonyl (C=O) groups excluding carboxylic acids is 2. The van der Waals surface area contributed by atoms with Gasteiger partial charge in [-0.2, -0.15) is 0 Å². The first kappa shape index (κ1) is 24.3. The van der Waals surface area contributed by atoms with Gasteiger partial charge in [-0.25, -0.2) is 0 Å². The molecule has 2 N–H and O–H groups in total. The number of nitrogens with zero attached hydrogens (tertiary/aromatic N) is 1. The fraction of sp³-hybridized carbons (Fsp3) is 0.619. The molecule has 3 heterocycles. The van der Waals surface area contributed by atoms with Crippen molar-refractivity contribution in [3.05, 3.63) is 28.3 Å². The topological polar surface area (TPSA) is 157 Å². The van der Waals surface area contributed by atoms with Crippen molar-refractivity contribution in [1.82, 2.24) is 5.32 Å². The lowest BCUT2D eigenvalue weighted by atomic mass is 9.98. The Labute approximate surface area is 195 Å². The zero-order chi connectivity index (χ0) is 24.8. The molecule has 3 saturated heterocycles. The number of rotatable bonds is 6. The van der Waals surface area contributed by atoms with E-state index in [1.807, 2.05) is 0 Å². The highest BCUT2D eigenvalue weighted by atomic mass is 16.9. The van der Waals surface area contributed by atoms with Crippen molar-refractivity contribution in [2.45, 2.75) is 70.0 Å². The Morgan fingerprint density at radius 1 is 1.06 bits per heavy atom. The third-order valence-electron chi connectivity index (χ3n) is 5.51. The molecule has 34 heavy (non-hydrogen) atoms. The van der Waals surface area contributed by atoms with Gasteiger partial charge in [-0.1, -0.05) is 0 Å². The molecule has 0 saturated carbocycles. The van der Waals surface area contributed by atoms with E-state index in [1.54, 1.807) is 27.7 Å². The Bertz CT molecular complexity index is 997. The van der Waals surface area contributed by atoms with Crippen LogP contribution in [0.4, 0.5) is 11.4 Å². The maximum Gasteiger partial charge on any atom is 0.296 e. The number of carbonyl (C=O) groups is 2. The van der Waals surface area contributed by atoms with Gasteiger partial charge in [0, 0.05) is 0 Å². The van der Waals surface area contributed by atoms with E-state index in [2.05, 4.69) is 10.6 Å². The first-order chi connectivity index (χ1) is 15.9. The molecule has 0 unspecified atom stereocenters. The minimum absolute atomic E-state index is 0.0325. The van der Waals surface area contributed by atoms with Gasteiger partial charge in [0.1, 0.15) is 29.7 Å². The molecule has 2 amide bonds. The minimum Gasteiger partial charge on any atom is -0.496 e. The van der Waals surface area contributed by atoms with Gasteiger partial charge in [-0.3, -0.25) is 19.7 Å². The Morgan fingerprint density at radius 3 is 2.38 bits per heavy atom. The first-order valence-electron chi connectivity index (χ1n) is 10.7. The van der Waals surface area contributed by atoms with Gasteiger partial charge in [-0.15, -0.1) is 0 Å². The molecule has 13 heteroatoms. The van der Waals surface area contributed by atoms with Crippen molar-refractivity contribution in [1.29, 1.82) is 0 Å². The van der Waals surface area contributed by atoms with Gasteiger partial charge in [0.05, 0.1) is 24.6 Å². The van der Waals surface area contributed by atoms with E-state index in [0.717, 1.165) is 0 Å². The van der Waals surface area contributed by atoms with Crippen molar-refractivity contribution in [3.8, 4) is 5.75 Å². The smallest absolute Gasteiger partial charge is 0.296 e. The number of nitro groups is 1. The molecule has 13 nitrogen and oxygen atoms in total. The molecular weight excluding hydrogens is 454 g/mol. The van der Waals surface area contributed by atoms with Crippen LogP contribution < -0.4 is 15.4 Å². The molecule has 0 spiro atoms. The number of benzene rings is 1. The molecule has 3 aliphatic rings. The highest BCUT2D eigenvalue weighted by molar-refractivity contribution is 5.97. The number of nitro benzene ring substituents is 1. The fourth-order valence-electron chi connectivity index (χ4n) is 4.18. The highest BCUT2D eigenvalue weighted by Crippen LogP contribution is 2.44. The predicted octanol–water partition coefficient (Wildman–Crippen LogP) is 1.05. The van der Waals surface area contributed by atoms with Crippen LogP contribution in [0.2, 0.25) is 0 Å². The summed E-state index contributed by atoms with van der Waals surface area (Å²) in [5.74, 6) is -2.94. The van der Waals surface area contributed by atoms with Crippen LogP contribution in [0.1, 0.15) is 27.7 Å². The largest absolute Gasteiger partial charge is 0.496 e. The first-order valence-corrected chi connectivity index (χ1v) is 10.7. The molecule has 0 aromatic heterocycles. The Kier molecular flexibility index (Phi) is 6.25. The lowest BCUT2D eigenvalue weighted by molar-refractivity contribution is -0.384. The zero-order valence-electron chi connectivity index (χ0n) is 19.4. The molecule has 1 aromatic carbocycles. The van der Waals surface area contributed by atoms with Crippen molar-refractivity contribution in [2.24, 2.45) is 0 Å². The van der Waals surface area contributed by atoms with Gasteiger partial charge in [0.25, 0.3) is 11.6 Å². The molecular formula is C21H27N3O10. The summed E-state index contributed by atoms with van der Waals surface area (Å²) in [6.07, 6.45) is -4.00. The van der Waals surface area contributed by atoms with Crippen LogP contribution >= 0.6 is 0 Å². The number of ether oxygens (including phenoxy) is 6. The van der Waals surface area contributed by atoms with Crippen molar-refractivity contribution >= 4 is 23.2 Å². The molecule has 3 aliphatic heterocycles. The number of amides is 2. The van der Waals surface area contributed by atoms with E-state index >= 15 is 0 Å². The van der Waals surface area contributed by atoms with Crippen LogP contribution in [0.15, 0.2) is 18.2 Å². The second kappa shape index (κ2) is 8.74. The van der Waals surface area contributed by atoms with Crippen molar-refractivity contribution in [2.75, 3.05) is 19.0 Å². The maximum absolute atomic E-state index is 12.9. The van der Waals surface area contributed by atoms with E-state index in [1.165, 1.54) is 25.3 Å². The molecule has 0 bridgehead atoms. The highest BCUT2D eigenvalue weighted by Gasteiger charge is 2.62. The number of fused-ring (bicyclic) bond motifs is 3. The Morgan fingerprint density at radius 2 is 1.71 bits per heavy atom. The number of hydrogen-bond donors (Lipinski definition) is 2. The Hall–Kier alpha value is -2.84. The van der Waals surface area contributed by atoms with Crippen LogP contribution in [0.3, 0.4) is 0 Å². The normalized spacial score (nSPS) is 30.7. The summed E-state index contributed by atoms with van der Waals surface area (Å²) < 4.78 is 34.3. The monoisotopic (exact) mass is 481 g/mol. The number of anilines is 1. The SMILES string of the molecule is COc1ccc(NC(=O)CNC(=O)[C@@H]2O[C@H]3OC(C)(C)O[C@@H]3[C@H]3OC(C)(C)O[C@H]32)c([N+](=O)[O-])c1. The number of hydrogen-bond acceptors (Lipinski definition) is 10. The molecule has 0 radical (unpaired) electrons. The molecule has 0 aliphatic carbocycles. The standard InChI is InChI=1S/C21H27N3O10/c1-20(2)31-14-15(32-20)17-19(34-21(3,4)33-17)30-16(14)18(26)22-9-13(25)23-11-7-6-10(29-5)8-12(11)24(27)28/h6-8,14-17,19H,9H2,1-5H3,(H,22,26)(H,23,25)/t14-,15+,16-,17-,19+/m1/s1. The van der Waals surface area contributed by atoms with E-state index in [-0.39, 0.29) is 17.1 Å². The summed E-state index contributed by atoms with van der Waals surface area (Å²) in [6, 6.07) is 4.00. The van der Waals surface area contributed by atoms with E-state index in [0.29, 0.717) is 0 Å². The van der Waals surface area contributed by atoms with Gasteiger partial charge >= 0.3 is 0 Å². The molecule has 4 rings (SSSR count). The molecule has 186 valence electrons. The Balaban J connectivity index is 1.42. The summed E-state index contributed by atoms with van der Waals surface area (Å²) in [4.78, 5) is 36.0. The summed E-state index contributed by atoms with van der Waals surface area (Å²) in [5.41, 5.74) is -0.377. The summed E-state index contributed by atoms with van der Waals surface area (Å²) in [5, 5.41) is 16.2. The summed E-state index contributed by atoms with van der Waals surface area (Å²) >= 11 is 0. The van der Waals surface area contributed by atoms with Gasteiger partial charge in [0.2, 0.25) is 5.91 Å². The van der Waals surface area contributed by atoms with E-state index in [4.69, 9.17) is 28.4 Å². The van der Waals surface area contributed by atoms with Gasteiger partial charge in [0.15, 0.2) is 24.0 Å². The average molecular weight is 481 g/mol. The third kappa shape index (κ3) is 4.83. The molecule has 3 fully saturated rings. The van der Waals surface area contributed by atoms with Gasteiger partial charge < -0.3 is 39.1 Å². The predicted molar refractivity (Wildman–Crippen MR) is 114 cm³/mol. The van der Waals surface area contributed by atoms with Crippen LogP contribution in [0, 0.1) is 10.1 Å². The third-order valence-corrected chi connectivity index (χ3v) is 5.51. The maximum atomic E-state index is 12.9. The van der Waals surface area contributed by atoms with Crippen molar-refractivity contribution in [3.63, 3.8) is 0 Å². The number of nitrogens with one attached hydrogen (secondary N) is 2. The number of methoxy groups -OCH3 is 1. The van der Waals surface area contributed by atoms with Crippen LogP contribution in [0.5, 0.6) is 5.75 Å². The molecule has 1 aromatic rings. The lowest BCUT2D eigenvalue weighted by Gasteiger charge is -2.36. The van der Waals surface area contributed by atoms with Crippen LogP contribution in [0.25, 0.3) is 0 Å². The zero-order valence-corrected chi connectivity index (χ0v) is 19.4. The molecule has 5 atom stereocenters. The summed E-state index contributed by atoms with van der Waals surface area (Å²) in [7, 11) is 1.37. The van der Waals surface area contributed by atoms with Crippen LogP contribution in [-0.2, 0) is 33.3 Å². The van der Waals surface area contributed by atoms with E-state index in [9.17, 15) is 19.7 Å².